The first-order valence-electron chi connectivity index (χ1n) is 10.5. The van der Waals surface area contributed by atoms with Gasteiger partial charge in [-0.2, -0.15) is 0 Å². The van der Waals surface area contributed by atoms with Gasteiger partial charge in [0.15, 0.2) is 0 Å². The maximum absolute atomic E-state index is 13.4. The summed E-state index contributed by atoms with van der Waals surface area (Å²) < 4.78 is 0. The summed E-state index contributed by atoms with van der Waals surface area (Å²) in [5, 5.41) is 0. The van der Waals surface area contributed by atoms with E-state index in [9.17, 15) is 4.79 Å². The van der Waals surface area contributed by atoms with E-state index in [0.717, 1.165) is 11.1 Å². The van der Waals surface area contributed by atoms with Crippen LogP contribution in [0.25, 0.3) is 0 Å². The highest BCUT2D eigenvalue weighted by Crippen LogP contribution is 2.55. The predicted molar refractivity (Wildman–Crippen MR) is 121 cm³/mol. The molecule has 0 spiro atoms. The standard InChI is InChI=1S/C26H29N3O/c1-3-29(19-21-13-7-4-8-14-21)25(24(27)30)20-28(2)26(25,22-15-9-5-10-16-22)23-17-11-6-12-18-23/h4-18H,3,19-20H2,1-2H3,(H2,27,30). The van der Waals surface area contributed by atoms with E-state index in [4.69, 9.17) is 5.73 Å². The number of benzene rings is 3. The number of likely N-dealkylation sites (N-methyl/N-ethyl adjacent to an activating group) is 2. The minimum absolute atomic E-state index is 0.286. The average Bonchev–Trinajstić information content (AvgIpc) is 2.78. The van der Waals surface area contributed by atoms with Crippen LogP contribution in [0.3, 0.4) is 0 Å². The smallest absolute Gasteiger partial charge is 0.241 e. The molecule has 0 aromatic heterocycles. The van der Waals surface area contributed by atoms with E-state index in [2.05, 4.69) is 60.2 Å². The Bertz CT molecular complexity index is 951. The van der Waals surface area contributed by atoms with Gasteiger partial charge in [-0.1, -0.05) is 97.9 Å². The molecule has 1 saturated heterocycles. The van der Waals surface area contributed by atoms with Gasteiger partial charge in [0.1, 0.15) is 11.1 Å². The van der Waals surface area contributed by atoms with Gasteiger partial charge < -0.3 is 5.73 Å². The Labute approximate surface area is 178 Å². The van der Waals surface area contributed by atoms with Crippen LogP contribution >= 0.6 is 0 Å². The Hall–Kier alpha value is -2.95. The molecule has 0 aliphatic carbocycles. The molecule has 1 aliphatic rings. The number of nitrogens with zero attached hydrogens (tertiary/aromatic N) is 2. The number of likely N-dealkylation sites (tertiary alicyclic amines) is 1. The van der Waals surface area contributed by atoms with Crippen LogP contribution in [0, 0.1) is 0 Å². The van der Waals surface area contributed by atoms with Crippen molar-refractivity contribution >= 4 is 5.91 Å². The summed E-state index contributed by atoms with van der Waals surface area (Å²) in [5.74, 6) is -0.286. The maximum Gasteiger partial charge on any atom is 0.241 e. The van der Waals surface area contributed by atoms with Crippen LogP contribution < -0.4 is 5.73 Å². The fourth-order valence-corrected chi connectivity index (χ4v) is 5.31. The average molecular weight is 400 g/mol. The number of carbonyl (C=O) groups excluding carboxylic acids is 1. The molecule has 1 amide bonds. The monoisotopic (exact) mass is 399 g/mol. The van der Waals surface area contributed by atoms with Gasteiger partial charge in [-0.25, -0.2) is 0 Å². The number of amides is 1. The van der Waals surface area contributed by atoms with Crippen LogP contribution in [0.5, 0.6) is 0 Å². The highest BCUT2D eigenvalue weighted by atomic mass is 16.2. The van der Waals surface area contributed by atoms with E-state index in [1.54, 1.807) is 0 Å². The zero-order chi connectivity index (χ0) is 21.2. The largest absolute Gasteiger partial charge is 0.368 e. The predicted octanol–water partition coefficient (Wildman–Crippen LogP) is 3.62. The molecule has 3 aromatic rings. The van der Waals surface area contributed by atoms with Gasteiger partial charge in [0.25, 0.3) is 0 Å². The van der Waals surface area contributed by atoms with Crippen molar-refractivity contribution in [1.29, 1.82) is 0 Å². The lowest BCUT2D eigenvalue weighted by molar-refractivity contribution is -0.176. The fourth-order valence-electron chi connectivity index (χ4n) is 5.31. The Kier molecular flexibility index (Phi) is 5.46. The minimum atomic E-state index is -0.866. The highest BCUT2D eigenvalue weighted by molar-refractivity contribution is 5.90. The Balaban J connectivity index is 1.94. The summed E-state index contributed by atoms with van der Waals surface area (Å²) in [6, 6.07) is 30.9. The molecule has 3 aromatic carbocycles. The second-order valence-corrected chi connectivity index (χ2v) is 8.02. The van der Waals surface area contributed by atoms with Crippen LogP contribution in [0.2, 0.25) is 0 Å². The number of carbonyl (C=O) groups is 1. The van der Waals surface area contributed by atoms with E-state index in [-0.39, 0.29) is 5.91 Å². The molecule has 4 nitrogen and oxygen atoms in total. The van der Waals surface area contributed by atoms with Crippen molar-refractivity contribution < 1.29 is 4.79 Å². The highest BCUT2D eigenvalue weighted by Gasteiger charge is 2.70. The second-order valence-electron chi connectivity index (χ2n) is 8.02. The molecule has 2 N–H and O–H groups in total. The van der Waals surface area contributed by atoms with Crippen molar-refractivity contribution in [2.45, 2.75) is 24.5 Å². The van der Waals surface area contributed by atoms with E-state index in [1.165, 1.54) is 5.56 Å². The molecule has 1 heterocycles. The summed E-state index contributed by atoms with van der Waals surface area (Å²) in [6.07, 6.45) is 0. The van der Waals surface area contributed by atoms with Crippen LogP contribution in [0.1, 0.15) is 23.6 Å². The number of primary amides is 1. The first-order chi connectivity index (χ1) is 14.6. The van der Waals surface area contributed by atoms with Crippen molar-refractivity contribution in [3.05, 3.63) is 108 Å². The summed E-state index contributed by atoms with van der Waals surface area (Å²) in [7, 11) is 2.08. The van der Waals surface area contributed by atoms with Gasteiger partial charge in [0.2, 0.25) is 5.91 Å². The van der Waals surface area contributed by atoms with E-state index in [0.29, 0.717) is 19.6 Å². The van der Waals surface area contributed by atoms with Crippen LogP contribution in [-0.2, 0) is 16.9 Å². The summed E-state index contributed by atoms with van der Waals surface area (Å²) in [5.41, 5.74) is 8.07. The van der Waals surface area contributed by atoms with Gasteiger partial charge in [-0.15, -0.1) is 0 Å². The topological polar surface area (TPSA) is 49.6 Å². The lowest BCUT2D eigenvalue weighted by Gasteiger charge is -2.67. The molecule has 4 heteroatoms. The maximum atomic E-state index is 13.4. The van der Waals surface area contributed by atoms with Crippen LogP contribution in [0.4, 0.5) is 0 Å². The molecule has 1 fully saturated rings. The van der Waals surface area contributed by atoms with E-state index in [1.807, 2.05) is 54.6 Å². The summed E-state index contributed by atoms with van der Waals surface area (Å²) >= 11 is 0. The molecule has 0 saturated carbocycles. The molecule has 0 bridgehead atoms. The van der Waals surface area contributed by atoms with Crippen molar-refractivity contribution in [3.63, 3.8) is 0 Å². The van der Waals surface area contributed by atoms with Crippen LogP contribution in [0.15, 0.2) is 91.0 Å². The Morgan fingerprint density at radius 3 is 1.77 bits per heavy atom. The SMILES string of the molecule is CCN(Cc1ccccc1)C1(C(N)=O)CN(C)C1(c1ccccc1)c1ccccc1. The number of hydrogen-bond acceptors (Lipinski definition) is 3. The molecule has 30 heavy (non-hydrogen) atoms. The Morgan fingerprint density at radius 1 is 0.900 bits per heavy atom. The van der Waals surface area contributed by atoms with E-state index >= 15 is 0 Å². The third-order valence-corrected chi connectivity index (χ3v) is 6.57. The van der Waals surface area contributed by atoms with Crippen molar-refractivity contribution in [3.8, 4) is 0 Å². The summed E-state index contributed by atoms with van der Waals surface area (Å²) in [6.45, 7) is 4.06. The lowest BCUT2D eigenvalue weighted by Crippen LogP contribution is -2.85. The van der Waals surface area contributed by atoms with Gasteiger partial charge in [-0.05, 0) is 30.3 Å². The van der Waals surface area contributed by atoms with Crippen molar-refractivity contribution in [1.82, 2.24) is 9.80 Å². The molecule has 0 radical (unpaired) electrons. The van der Waals surface area contributed by atoms with Crippen molar-refractivity contribution in [2.24, 2.45) is 5.73 Å². The third-order valence-electron chi connectivity index (χ3n) is 6.57. The normalized spacial score (nSPS) is 20.6. The van der Waals surface area contributed by atoms with Gasteiger partial charge in [0.05, 0.1) is 0 Å². The van der Waals surface area contributed by atoms with E-state index < -0.39 is 11.1 Å². The number of nitrogens with two attached hydrogens (primary N) is 1. The molecular formula is C26H29N3O. The lowest BCUT2D eigenvalue weighted by atomic mass is 9.58. The molecule has 1 aliphatic heterocycles. The van der Waals surface area contributed by atoms with Crippen LogP contribution in [-0.4, -0.2) is 41.4 Å². The number of rotatable bonds is 7. The molecular weight excluding hydrogens is 370 g/mol. The minimum Gasteiger partial charge on any atom is -0.368 e. The summed E-state index contributed by atoms with van der Waals surface area (Å²) in [4.78, 5) is 17.9. The van der Waals surface area contributed by atoms with Gasteiger partial charge in [-0.3, -0.25) is 14.6 Å². The molecule has 1 atom stereocenters. The first-order valence-corrected chi connectivity index (χ1v) is 10.5. The molecule has 4 rings (SSSR count). The first kappa shape index (κ1) is 20.3. The van der Waals surface area contributed by atoms with Gasteiger partial charge >= 0.3 is 0 Å². The zero-order valence-electron chi connectivity index (χ0n) is 17.7. The Morgan fingerprint density at radius 2 is 1.37 bits per heavy atom. The number of hydrogen-bond donors (Lipinski definition) is 1. The molecule has 154 valence electrons. The quantitative estimate of drug-likeness (QED) is 0.660. The zero-order valence-corrected chi connectivity index (χ0v) is 17.7. The van der Waals surface area contributed by atoms with Crippen molar-refractivity contribution in [2.75, 3.05) is 20.1 Å². The third kappa shape index (κ3) is 2.87. The second kappa shape index (κ2) is 8.05. The molecule has 1 unspecified atom stereocenters. The fraction of sp³-hybridized carbons (Fsp3) is 0.269. The van der Waals surface area contributed by atoms with Gasteiger partial charge in [0, 0.05) is 13.1 Å².